The number of fused-ring (bicyclic) bond motifs is 1. The van der Waals surface area contributed by atoms with Crippen LogP contribution in [0.5, 0.6) is 0 Å². The molecule has 1 aromatic carbocycles. The highest BCUT2D eigenvalue weighted by Crippen LogP contribution is 2.30. The second kappa shape index (κ2) is 5.94. The first-order valence-corrected chi connectivity index (χ1v) is 8.04. The zero-order valence-corrected chi connectivity index (χ0v) is 13.6. The standard InChI is InChI=1S/C17H20ClNO3/c1-10-13-9-12(18)6-7-15(13)22-16(10)17(21)19-8-4-3-5-14(19)11(2)20/h6-7,9,11,14,20H,3-5,8H2,1-2H3. The smallest absolute Gasteiger partial charge is 0.290 e. The minimum absolute atomic E-state index is 0.141. The van der Waals surface area contributed by atoms with Gasteiger partial charge in [0, 0.05) is 22.5 Å². The number of aryl methyl sites for hydroxylation is 1. The zero-order valence-electron chi connectivity index (χ0n) is 12.8. The number of hydrogen-bond donors (Lipinski definition) is 1. The topological polar surface area (TPSA) is 53.7 Å². The van der Waals surface area contributed by atoms with Gasteiger partial charge in [-0.3, -0.25) is 4.79 Å². The van der Waals surface area contributed by atoms with Crippen molar-refractivity contribution in [1.29, 1.82) is 0 Å². The molecule has 1 aromatic heterocycles. The van der Waals surface area contributed by atoms with Crippen LogP contribution in [-0.4, -0.2) is 34.6 Å². The van der Waals surface area contributed by atoms with E-state index in [9.17, 15) is 9.90 Å². The van der Waals surface area contributed by atoms with Crippen LogP contribution in [0.1, 0.15) is 42.3 Å². The number of nitrogens with zero attached hydrogens (tertiary/aromatic N) is 1. The van der Waals surface area contributed by atoms with Crippen molar-refractivity contribution < 1.29 is 14.3 Å². The Balaban J connectivity index is 1.99. The van der Waals surface area contributed by atoms with Crippen LogP contribution in [0, 0.1) is 6.92 Å². The average Bonchev–Trinajstić information content (AvgIpc) is 2.83. The first kappa shape index (κ1) is 15.4. The molecule has 22 heavy (non-hydrogen) atoms. The van der Waals surface area contributed by atoms with Gasteiger partial charge in [-0.25, -0.2) is 0 Å². The number of piperidine rings is 1. The fourth-order valence-corrected chi connectivity index (χ4v) is 3.41. The number of benzene rings is 1. The normalized spacial score (nSPS) is 20.4. The van der Waals surface area contributed by atoms with Gasteiger partial charge in [-0.2, -0.15) is 0 Å². The molecule has 4 nitrogen and oxygen atoms in total. The van der Waals surface area contributed by atoms with Crippen LogP contribution in [0.4, 0.5) is 0 Å². The number of rotatable bonds is 2. The van der Waals surface area contributed by atoms with Gasteiger partial charge in [-0.1, -0.05) is 11.6 Å². The molecule has 1 fully saturated rings. The summed E-state index contributed by atoms with van der Waals surface area (Å²) in [6.07, 6.45) is 2.28. The molecule has 0 spiro atoms. The summed E-state index contributed by atoms with van der Waals surface area (Å²) in [4.78, 5) is 14.6. The van der Waals surface area contributed by atoms with Crippen molar-refractivity contribution in [1.82, 2.24) is 4.90 Å². The van der Waals surface area contributed by atoms with E-state index in [2.05, 4.69) is 0 Å². The fraction of sp³-hybridized carbons (Fsp3) is 0.471. The molecule has 1 saturated heterocycles. The highest BCUT2D eigenvalue weighted by atomic mass is 35.5. The van der Waals surface area contributed by atoms with E-state index in [0.717, 1.165) is 30.2 Å². The summed E-state index contributed by atoms with van der Waals surface area (Å²) in [5, 5.41) is 11.4. The quantitative estimate of drug-likeness (QED) is 0.916. The molecule has 1 aliphatic rings. The van der Waals surface area contributed by atoms with Crippen molar-refractivity contribution in [3.05, 3.63) is 34.5 Å². The van der Waals surface area contributed by atoms with Crippen LogP contribution in [0.15, 0.2) is 22.6 Å². The third-order valence-electron chi connectivity index (χ3n) is 4.46. The van der Waals surface area contributed by atoms with Crippen molar-refractivity contribution in [2.45, 2.75) is 45.3 Å². The van der Waals surface area contributed by atoms with E-state index in [1.165, 1.54) is 0 Å². The molecule has 0 radical (unpaired) electrons. The van der Waals surface area contributed by atoms with E-state index in [4.69, 9.17) is 16.0 Å². The molecule has 0 aliphatic carbocycles. The monoisotopic (exact) mass is 321 g/mol. The van der Waals surface area contributed by atoms with Crippen LogP contribution in [0.25, 0.3) is 11.0 Å². The number of carbonyl (C=O) groups excluding carboxylic acids is 1. The van der Waals surface area contributed by atoms with Crippen molar-refractivity contribution in [3.8, 4) is 0 Å². The maximum absolute atomic E-state index is 12.9. The van der Waals surface area contributed by atoms with Gasteiger partial charge in [-0.15, -0.1) is 0 Å². The van der Waals surface area contributed by atoms with Crippen LogP contribution in [-0.2, 0) is 0 Å². The highest BCUT2D eigenvalue weighted by molar-refractivity contribution is 6.31. The Morgan fingerprint density at radius 1 is 1.45 bits per heavy atom. The third kappa shape index (κ3) is 2.61. The number of likely N-dealkylation sites (tertiary alicyclic amines) is 1. The Hall–Kier alpha value is -1.52. The Morgan fingerprint density at radius 3 is 2.95 bits per heavy atom. The SMILES string of the molecule is Cc1c(C(=O)N2CCCCC2C(C)O)oc2ccc(Cl)cc12. The van der Waals surface area contributed by atoms with Gasteiger partial charge in [0.1, 0.15) is 5.58 Å². The average molecular weight is 322 g/mol. The summed E-state index contributed by atoms with van der Waals surface area (Å²) >= 11 is 6.02. The van der Waals surface area contributed by atoms with Gasteiger partial charge in [0.25, 0.3) is 5.91 Å². The third-order valence-corrected chi connectivity index (χ3v) is 4.69. The molecule has 2 aromatic rings. The van der Waals surface area contributed by atoms with Crippen molar-refractivity contribution >= 4 is 28.5 Å². The second-order valence-corrected chi connectivity index (χ2v) is 6.44. The highest BCUT2D eigenvalue weighted by Gasteiger charge is 2.33. The largest absolute Gasteiger partial charge is 0.451 e. The van der Waals surface area contributed by atoms with E-state index in [0.29, 0.717) is 22.9 Å². The minimum atomic E-state index is -0.539. The summed E-state index contributed by atoms with van der Waals surface area (Å²) in [5.74, 6) is 0.209. The number of halogens is 1. The van der Waals surface area contributed by atoms with E-state index in [1.807, 2.05) is 13.0 Å². The molecule has 2 atom stereocenters. The summed E-state index contributed by atoms with van der Waals surface area (Å²) < 4.78 is 5.77. The molecule has 1 amide bonds. The first-order chi connectivity index (χ1) is 10.5. The number of amides is 1. The Labute approximate surface area is 134 Å². The number of aliphatic hydroxyl groups excluding tert-OH is 1. The van der Waals surface area contributed by atoms with Gasteiger partial charge in [0.2, 0.25) is 0 Å². The first-order valence-electron chi connectivity index (χ1n) is 7.66. The Bertz CT molecular complexity index is 707. The lowest BCUT2D eigenvalue weighted by Crippen LogP contribution is -2.49. The predicted octanol–water partition coefficient (Wildman–Crippen LogP) is 3.77. The molecule has 118 valence electrons. The number of aliphatic hydroxyl groups is 1. The van der Waals surface area contributed by atoms with Crippen molar-refractivity contribution in [3.63, 3.8) is 0 Å². The van der Waals surface area contributed by atoms with Crippen molar-refractivity contribution in [2.75, 3.05) is 6.54 Å². The second-order valence-electron chi connectivity index (χ2n) is 6.00. The van der Waals surface area contributed by atoms with Crippen LogP contribution in [0.2, 0.25) is 5.02 Å². The van der Waals surface area contributed by atoms with Crippen LogP contribution in [0.3, 0.4) is 0 Å². The maximum Gasteiger partial charge on any atom is 0.290 e. The van der Waals surface area contributed by atoms with Crippen molar-refractivity contribution in [2.24, 2.45) is 0 Å². The van der Waals surface area contributed by atoms with E-state index < -0.39 is 6.10 Å². The summed E-state index contributed by atoms with van der Waals surface area (Å²) in [5.41, 5.74) is 1.47. The molecule has 5 heteroatoms. The molecule has 0 bridgehead atoms. The molecule has 3 rings (SSSR count). The van der Waals surface area contributed by atoms with Gasteiger partial charge in [0.15, 0.2) is 5.76 Å². The fourth-order valence-electron chi connectivity index (χ4n) is 3.24. The molecule has 1 aliphatic heterocycles. The van der Waals surface area contributed by atoms with Gasteiger partial charge in [0.05, 0.1) is 12.1 Å². The van der Waals surface area contributed by atoms with Crippen LogP contribution < -0.4 is 0 Å². The number of carbonyl (C=O) groups is 1. The molecule has 1 N–H and O–H groups in total. The molecule has 0 saturated carbocycles. The molecule has 2 unspecified atom stereocenters. The minimum Gasteiger partial charge on any atom is -0.451 e. The van der Waals surface area contributed by atoms with Gasteiger partial charge < -0.3 is 14.4 Å². The lowest BCUT2D eigenvalue weighted by Gasteiger charge is -2.37. The lowest BCUT2D eigenvalue weighted by molar-refractivity contribution is 0.0259. The summed E-state index contributed by atoms with van der Waals surface area (Å²) in [6.45, 7) is 4.27. The number of hydrogen-bond acceptors (Lipinski definition) is 3. The molecular weight excluding hydrogens is 302 g/mol. The predicted molar refractivity (Wildman–Crippen MR) is 86.3 cm³/mol. The zero-order chi connectivity index (χ0) is 15.9. The number of furan rings is 1. The lowest BCUT2D eigenvalue weighted by atomic mass is 9.97. The Morgan fingerprint density at radius 2 is 2.23 bits per heavy atom. The Kier molecular flexibility index (Phi) is 4.15. The van der Waals surface area contributed by atoms with Crippen LogP contribution >= 0.6 is 11.6 Å². The van der Waals surface area contributed by atoms with E-state index >= 15 is 0 Å². The molecule has 2 heterocycles. The molecular formula is C17H20ClNO3. The summed E-state index contributed by atoms with van der Waals surface area (Å²) in [7, 11) is 0. The van der Waals surface area contributed by atoms with Gasteiger partial charge >= 0.3 is 0 Å². The van der Waals surface area contributed by atoms with E-state index in [1.54, 1.807) is 24.0 Å². The van der Waals surface area contributed by atoms with Gasteiger partial charge in [-0.05, 0) is 51.3 Å². The maximum atomic E-state index is 12.9. The summed E-state index contributed by atoms with van der Waals surface area (Å²) in [6, 6.07) is 5.21. The van der Waals surface area contributed by atoms with E-state index in [-0.39, 0.29) is 11.9 Å².